The van der Waals surface area contributed by atoms with Crippen LogP contribution in [-0.2, 0) is 14.9 Å². The lowest BCUT2D eigenvalue weighted by Crippen LogP contribution is -2.34. The van der Waals surface area contributed by atoms with Crippen LogP contribution in [0.3, 0.4) is 0 Å². The van der Waals surface area contributed by atoms with Crippen molar-refractivity contribution in [3.8, 4) is 0 Å². The summed E-state index contributed by atoms with van der Waals surface area (Å²) in [5.41, 5.74) is -5.01. The van der Waals surface area contributed by atoms with E-state index in [9.17, 15) is 28.1 Å². The molecule has 25 heavy (non-hydrogen) atoms. The minimum Gasteiger partial charge on any atom is -0.465 e. The van der Waals surface area contributed by atoms with Crippen molar-refractivity contribution in [1.82, 2.24) is 4.48 Å². The Kier molecular flexibility index (Phi) is 7.06. The number of hydrogen-bond acceptors (Lipinski definition) is 6. The van der Waals surface area contributed by atoms with E-state index in [2.05, 4.69) is 4.74 Å². The van der Waals surface area contributed by atoms with Crippen LogP contribution in [0.25, 0.3) is 0 Å². The molecular formula is C12H16F3N2O7S+. The Morgan fingerprint density at radius 1 is 1.28 bits per heavy atom. The molecule has 1 N–H and O–H groups in total. The number of carbonyl (C=O) groups excluding carboxylic acids is 1. The average molecular weight is 389 g/mol. The van der Waals surface area contributed by atoms with E-state index in [0.717, 1.165) is 5.69 Å². The van der Waals surface area contributed by atoms with E-state index in [-0.39, 0.29) is 11.3 Å². The van der Waals surface area contributed by atoms with Gasteiger partial charge in [0.25, 0.3) is 5.69 Å². The van der Waals surface area contributed by atoms with Gasteiger partial charge in [-0.3, -0.25) is 19.2 Å². The lowest BCUT2D eigenvalue weighted by Gasteiger charge is -2.23. The van der Waals surface area contributed by atoms with Gasteiger partial charge in [0.1, 0.15) is 11.3 Å². The summed E-state index contributed by atoms with van der Waals surface area (Å²) in [5.74, 6) is -0.702. The molecule has 0 bridgehead atoms. The van der Waals surface area contributed by atoms with Gasteiger partial charge in [-0.05, 0) is 0 Å². The third-order valence-corrected chi connectivity index (χ3v) is 3.23. The summed E-state index contributed by atoms with van der Waals surface area (Å²) >= 11 is 0. The predicted molar refractivity (Wildman–Crippen MR) is 81.6 cm³/mol. The first-order chi connectivity index (χ1) is 11.0. The molecule has 13 heteroatoms. The van der Waals surface area contributed by atoms with Crippen molar-refractivity contribution in [3.05, 3.63) is 33.9 Å². The average Bonchev–Trinajstić information content (AvgIpc) is 2.43. The van der Waals surface area contributed by atoms with E-state index in [4.69, 9.17) is 13.0 Å². The van der Waals surface area contributed by atoms with Gasteiger partial charge in [0.05, 0.1) is 33.2 Å². The molecule has 142 valence electrons. The number of methoxy groups -OCH3 is 1. The van der Waals surface area contributed by atoms with E-state index in [1.807, 2.05) is 21.1 Å². The first-order valence-electron chi connectivity index (χ1n) is 6.25. The number of esters is 1. The van der Waals surface area contributed by atoms with Gasteiger partial charge in [-0.2, -0.15) is 21.6 Å². The minimum atomic E-state index is -5.84. The zero-order valence-electron chi connectivity index (χ0n) is 13.6. The summed E-state index contributed by atoms with van der Waals surface area (Å²) in [4.78, 5) is 21.7. The number of rotatable bonds is 3. The molecule has 0 aliphatic carbocycles. The van der Waals surface area contributed by atoms with Crippen molar-refractivity contribution in [2.45, 2.75) is 5.51 Å². The highest BCUT2D eigenvalue weighted by Gasteiger charge is 2.44. The monoisotopic (exact) mass is 389 g/mol. The highest BCUT2D eigenvalue weighted by Crippen LogP contribution is 2.26. The first-order valence-corrected chi connectivity index (χ1v) is 7.69. The first kappa shape index (κ1) is 22.8. The van der Waals surface area contributed by atoms with Gasteiger partial charge in [-0.15, -0.1) is 0 Å². The number of alkyl halides is 3. The Balaban J connectivity index is 0.000000609. The number of halogens is 3. The molecule has 0 heterocycles. The van der Waals surface area contributed by atoms with Crippen LogP contribution in [0.5, 0.6) is 0 Å². The SMILES string of the molecule is COC(=O)c1cc([N+](C)(C)C)ccc1[N+](=O)[O-].O=S(=O)(O)C(F)(F)F. The minimum absolute atomic E-state index is 0.0250. The molecule has 0 saturated carbocycles. The quantitative estimate of drug-likeness (QED) is 0.209. The van der Waals surface area contributed by atoms with Gasteiger partial charge >= 0.3 is 21.6 Å². The van der Waals surface area contributed by atoms with Crippen molar-refractivity contribution < 1.29 is 40.6 Å². The van der Waals surface area contributed by atoms with E-state index >= 15 is 0 Å². The summed E-state index contributed by atoms with van der Waals surface area (Å²) in [6.07, 6.45) is 0. The zero-order chi connectivity index (χ0) is 20.2. The molecular weight excluding hydrogens is 373 g/mol. The number of hydrogen-bond donors (Lipinski definition) is 1. The van der Waals surface area contributed by atoms with Gasteiger partial charge in [0.15, 0.2) is 0 Å². The van der Waals surface area contributed by atoms with E-state index < -0.39 is 26.5 Å². The fourth-order valence-electron chi connectivity index (χ4n) is 1.37. The molecule has 0 aliphatic rings. The maximum absolute atomic E-state index is 11.5. The van der Waals surface area contributed by atoms with Crippen molar-refractivity contribution in [1.29, 1.82) is 0 Å². The van der Waals surface area contributed by atoms with E-state index in [1.54, 1.807) is 6.07 Å². The van der Waals surface area contributed by atoms with Crippen molar-refractivity contribution in [2.75, 3.05) is 28.3 Å². The molecule has 1 aromatic rings. The summed E-state index contributed by atoms with van der Waals surface area (Å²) in [7, 11) is 1.07. The second-order valence-corrected chi connectivity index (χ2v) is 6.80. The lowest BCUT2D eigenvalue weighted by molar-refractivity contribution is -0.385. The van der Waals surface area contributed by atoms with Crippen molar-refractivity contribution in [3.63, 3.8) is 0 Å². The summed E-state index contributed by atoms with van der Waals surface area (Å²) in [6.45, 7) is 0. The third kappa shape index (κ3) is 6.64. The zero-order valence-corrected chi connectivity index (χ0v) is 14.4. The molecule has 0 atom stereocenters. The molecule has 9 nitrogen and oxygen atoms in total. The number of nitro benzene ring substituents is 1. The highest BCUT2D eigenvalue weighted by molar-refractivity contribution is 7.86. The Morgan fingerprint density at radius 2 is 1.72 bits per heavy atom. The van der Waals surface area contributed by atoms with E-state index in [1.165, 1.54) is 19.2 Å². The molecule has 0 saturated heterocycles. The Hall–Kier alpha value is -2.25. The van der Waals surface area contributed by atoms with Gasteiger partial charge < -0.3 is 4.74 Å². The van der Waals surface area contributed by atoms with Crippen LogP contribution >= 0.6 is 0 Å². The summed E-state index contributed by atoms with van der Waals surface area (Å²) in [6, 6.07) is 4.44. The van der Waals surface area contributed by atoms with Crippen LogP contribution in [0.4, 0.5) is 24.5 Å². The highest BCUT2D eigenvalue weighted by atomic mass is 32.2. The normalized spacial score (nSPS) is 12.0. The fraction of sp³-hybridized carbons (Fsp3) is 0.417. The number of quaternary nitrogens is 1. The second-order valence-electron chi connectivity index (χ2n) is 5.38. The smallest absolute Gasteiger partial charge is 0.465 e. The van der Waals surface area contributed by atoms with Crippen molar-refractivity contribution in [2.24, 2.45) is 0 Å². The Labute approximate surface area is 141 Å². The number of carbonyl (C=O) groups is 1. The molecule has 0 radical (unpaired) electrons. The molecule has 0 spiro atoms. The van der Waals surface area contributed by atoms with Crippen LogP contribution in [-0.4, -0.2) is 57.6 Å². The molecule has 1 rings (SSSR count). The standard InChI is InChI=1S/C11H15N2O4.CHF3O3S/c1-13(2,3)8-5-6-10(12(15)16)9(7-8)11(14)17-4;2-1(3,4)8(5,6)7/h5-7H,1-4H3;(H,5,6,7)/q+1;. The fourth-order valence-corrected chi connectivity index (χ4v) is 1.37. The van der Waals surface area contributed by atoms with Crippen LogP contribution in [0.15, 0.2) is 18.2 Å². The van der Waals surface area contributed by atoms with Crippen molar-refractivity contribution >= 4 is 27.5 Å². The molecule has 0 aliphatic heterocycles. The molecule has 0 unspecified atom stereocenters. The number of nitrogens with zero attached hydrogens (tertiary/aromatic N) is 2. The van der Waals surface area contributed by atoms with Gasteiger partial charge in [0.2, 0.25) is 0 Å². The van der Waals surface area contributed by atoms with Gasteiger partial charge in [-0.25, -0.2) is 4.79 Å². The Morgan fingerprint density at radius 3 is 2.00 bits per heavy atom. The largest absolute Gasteiger partial charge is 0.522 e. The van der Waals surface area contributed by atoms with Crippen LogP contribution in [0.2, 0.25) is 0 Å². The van der Waals surface area contributed by atoms with Gasteiger partial charge in [0, 0.05) is 18.2 Å². The summed E-state index contributed by atoms with van der Waals surface area (Å²) in [5, 5.41) is 10.8. The van der Waals surface area contributed by atoms with Crippen LogP contribution < -0.4 is 4.48 Å². The van der Waals surface area contributed by atoms with Crippen LogP contribution in [0.1, 0.15) is 10.4 Å². The maximum atomic E-state index is 11.5. The number of ether oxygens (including phenoxy) is 1. The third-order valence-electron chi connectivity index (χ3n) is 2.65. The number of benzene rings is 1. The molecule has 1 aromatic carbocycles. The van der Waals surface area contributed by atoms with E-state index in [0.29, 0.717) is 4.48 Å². The van der Waals surface area contributed by atoms with Gasteiger partial charge in [-0.1, -0.05) is 0 Å². The van der Waals surface area contributed by atoms with Crippen LogP contribution in [0, 0.1) is 10.1 Å². The molecule has 0 aromatic heterocycles. The summed E-state index contributed by atoms with van der Waals surface area (Å²) < 4.78 is 62.5. The second kappa shape index (κ2) is 7.76. The Bertz CT molecular complexity index is 755. The topological polar surface area (TPSA) is 124 Å². The predicted octanol–water partition coefficient (Wildman–Crippen LogP) is 1.97. The lowest BCUT2D eigenvalue weighted by atomic mass is 10.1. The molecule has 0 fully saturated rings. The number of nitro groups is 1. The maximum Gasteiger partial charge on any atom is 0.522 e. The molecule has 0 amide bonds.